The molecule has 2 rings (SSSR count). The highest BCUT2D eigenvalue weighted by molar-refractivity contribution is 6.36. The molecule has 1 aliphatic heterocycles. The summed E-state index contributed by atoms with van der Waals surface area (Å²) in [5.74, 6) is 0.774. The van der Waals surface area contributed by atoms with Crippen molar-refractivity contribution in [3.63, 3.8) is 0 Å². The van der Waals surface area contributed by atoms with Crippen molar-refractivity contribution in [2.45, 2.75) is 6.92 Å². The summed E-state index contributed by atoms with van der Waals surface area (Å²) in [6.45, 7) is 1.84. The normalized spacial score (nSPS) is 14.8. The number of nitrogens with zero attached hydrogens (tertiary/aromatic N) is 1. The summed E-state index contributed by atoms with van der Waals surface area (Å²) in [5, 5.41) is 2.62. The fraction of sp³-hybridized carbons (Fsp3) is 0.111. The summed E-state index contributed by atoms with van der Waals surface area (Å²) in [6, 6.07) is 5.20. The van der Waals surface area contributed by atoms with Gasteiger partial charge in [-0.1, -0.05) is 23.2 Å². The number of hydrazine groups is 1. The van der Waals surface area contributed by atoms with Gasteiger partial charge in [0.2, 0.25) is 0 Å². The number of benzene rings is 1. The highest BCUT2D eigenvalue weighted by Crippen LogP contribution is 2.29. The van der Waals surface area contributed by atoms with Gasteiger partial charge in [-0.3, -0.25) is 5.43 Å². The highest BCUT2D eigenvalue weighted by atomic mass is 35.5. The van der Waals surface area contributed by atoms with E-state index in [2.05, 4.69) is 5.43 Å². The minimum atomic E-state index is 0.535. The summed E-state index contributed by atoms with van der Waals surface area (Å²) in [7, 11) is 0. The second-order valence-corrected chi connectivity index (χ2v) is 3.71. The first kappa shape index (κ1) is 9.49. The first-order valence-electron chi connectivity index (χ1n) is 4.03. The molecule has 0 amide bonds. The molecule has 5 heteroatoms. The molecule has 1 heterocycles. The van der Waals surface area contributed by atoms with Crippen LogP contribution in [0.3, 0.4) is 0 Å². The molecule has 1 aliphatic rings. The Balaban J connectivity index is 2.25. The zero-order valence-corrected chi connectivity index (χ0v) is 8.93. The average molecular weight is 231 g/mol. The molecule has 1 aromatic carbocycles. The van der Waals surface area contributed by atoms with Crippen molar-refractivity contribution >= 4 is 28.9 Å². The van der Waals surface area contributed by atoms with E-state index in [1.165, 1.54) is 5.17 Å². The fourth-order valence-electron chi connectivity index (χ4n) is 1.11. The molecule has 0 aliphatic carbocycles. The molecule has 0 spiro atoms. The topological polar surface area (TPSA) is 24.5 Å². The Labute approximate surface area is 91.8 Å². The first-order chi connectivity index (χ1) is 6.66. The van der Waals surface area contributed by atoms with E-state index in [1.807, 2.05) is 6.92 Å². The van der Waals surface area contributed by atoms with Crippen molar-refractivity contribution in [2.75, 3.05) is 5.17 Å². The van der Waals surface area contributed by atoms with E-state index in [0.29, 0.717) is 10.0 Å². The molecule has 1 N–H and O–H groups in total. The summed E-state index contributed by atoms with van der Waals surface area (Å²) < 4.78 is 0. The van der Waals surface area contributed by atoms with Crippen LogP contribution >= 0.6 is 23.2 Å². The molecular weight excluding hydrogens is 223 g/mol. The lowest BCUT2D eigenvalue weighted by Crippen LogP contribution is -2.28. The zero-order chi connectivity index (χ0) is 10.1. The van der Waals surface area contributed by atoms with Crippen LogP contribution in [0.15, 0.2) is 30.2 Å². The largest absolute Gasteiger partial charge is 0.362 e. The molecule has 0 saturated heterocycles. The van der Waals surface area contributed by atoms with Gasteiger partial charge < -0.3 is 4.84 Å². The lowest BCUT2D eigenvalue weighted by atomic mass is 10.3. The van der Waals surface area contributed by atoms with Gasteiger partial charge >= 0.3 is 0 Å². The summed E-state index contributed by atoms with van der Waals surface area (Å²) >= 11 is 11.8. The van der Waals surface area contributed by atoms with Crippen LogP contribution in [-0.4, -0.2) is 0 Å². The third kappa shape index (κ3) is 1.74. The molecule has 0 bridgehead atoms. The fourth-order valence-corrected chi connectivity index (χ4v) is 1.60. The van der Waals surface area contributed by atoms with Gasteiger partial charge in [0.1, 0.15) is 11.4 Å². The summed E-state index contributed by atoms with van der Waals surface area (Å²) in [5.41, 5.74) is 3.63. The highest BCUT2D eigenvalue weighted by Gasteiger charge is 2.15. The van der Waals surface area contributed by atoms with E-state index in [-0.39, 0.29) is 0 Å². The number of anilines is 1. The monoisotopic (exact) mass is 230 g/mol. The van der Waals surface area contributed by atoms with Crippen LogP contribution in [0.5, 0.6) is 0 Å². The predicted octanol–water partition coefficient (Wildman–Crippen LogP) is 3.11. The van der Waals surface area contributed by atoms with Crippen molar-refractivity contribution < 1.29 is 4.84 Å². The summed E-state index contributed by atoms with van der Waals surface area (Å²) in [6.07, 6.45) is 1.74. The van der Waals surface area contributed by atoms with E-state index in [0.717, 1.165) is 11.4 Å². The third-order valence-corrected chi connectivity index (χ3v) is 2.29. The zero-order valence-electron chi connectivity index (χ0n) is 7.42. The predicted molar refractivity (Wildman–Crippen MR) is 56.9 cm³/mol. The molecule has 0 atom stereocenters. The van der Waals surface area contributed by atoms with Crippen LogP contribution < -0.4 is 10.6 Å². The van der Waals surface area contributed by atoms with Crippen LogP contribution in [0.2, 0.25) is 10.0 Å². The van der Waals surface area contributed by atoms with Gasteiger partial charge in [-0.05, 0) is 25.1 Å². The van der Waals surface area contributed by atoms with Gasteiger partial charge in [-0.25, -0.2) is 0 Å². The number of rotatable bonds is 1. The van der Waals surface area contributed by atoms with E-state index in [9.17, 15) is 0 Å². The number of halogens is 2. The van der Waals surface area contributed by atoms with Crippen LogP contribution in [0, 0.1) is 0 Å². The van der Waals surface area contributed by atoms with Gasteiger partial charge in [0.15, 0.2) is 0 Å². The van der Waals surface area contributed by atoms with E-state index >= 15 is 0 Å². The Hall–Kier alpha value is -1.06. The second-order valence-electron chi connectivity index (χ2n) is 2.87. The van der Waals surface area contributed by atoms with Crippen molar-refractivity contribution in [3.8, 4) is 0 Å². The lowest BCUT2D eigenvalue weighted by molar-refractivity contribution is 0.193. The molecule has 0 fully saturated rings. The SMILES string of the molecule is CC1=CNN(c2ccc(Cl)cc2Cl)O1. The van der Waals surface area contributed by atoms with E-state index in [1.54, 1.807) is 24.4 Å². The molecule has 0 saturated carbocycles. The lowest BCUT2D eigenvalue weighted by Gasteiger charge is -2.18. The van der Waals surface area contributed by atoms with Crippen LogP contribution in [0.25, 0.3) is 0 Å². The molecular formula is C9H8Cl2N2O. The molecule has 14 heavy (non-hydrogen) atoms. The van der Waals surface area contributed by atoms with Crippen molar-refractivity contribution in [1.29, 1.82) is 0 Å². The van der Waals surface area contributed by atoms with Crippen LogP contribution in [0.1, 0.15) is 6.92 Å². The van der Waals surface area contributed by atoms with Crippen LogP contribution in [-0.2, 0) is 4.84 Å². The minimum Gasteiger partial charge on any atom is -0.362 e. The standard InChI is InChI=1S/C9H8Cl2N2O/c1-6-5-12-13(14-6)9-3-2-7(10)4-8(9)11/h2-5,12H,1H3. The number of nitrogens with one attached hydrogen (secondary N) is 1. The third-order valence-electron chi connectivity index (χ3n) is 1.75. The number of allylic oxidation sites excluding steroid dienone is 1. The molecule has 0 radical (unpaired) electrons. The Bertz CT molecular complexity index is 392. The Kier molecular flexibility index (Phi) is 2.44. The smallest absolute Gasteiger partial charge is 0.149 e. The van der Waals surface area contributed by atoms with Gasteiger partial charge in [0.05, 0.1) is 11.2 Å². The molecule has 1 aromatic rings. The number of hydrogen-bond acceptors (Lipinski definition) is 3. The Morgan fingerprint density at radius 3 is 2.71 bits per heavy atom. The molecule has 0 unspecified atom stereocenters. The maximum absolute atomic E-state index is 5.99. The average Bonchev–Trinajstić information content (AvgIpc) is 2.51. The van der Waals surface area contributed by atoms with Crippen LogP contribution in [0.4, 0.5) is 5.69 Å². The van der Waals surface area contributed by atoms with Gasteiger partial charge in [0, 0.05) is 5.02 Å². The Morgan fingerprint density at radius 2 is 2.14 bits per heavy atom. The molecule has 74 valence electrons. The summed E-state index contributed by atoms with van der Waals surface area (Å²) in [4.78, 5) is 5.32. The Morgan fingerprint density at radius 1 is 1.36 bits per heavy atom. The maximum Gasteiger partial charge on any atom is 0.149 e. The van der Waals surface area contributed by atoms with Gasteiger partial charge in [0.25, 0.3) is 0 Å². The minimum absolute atomic E-state index is 0.535. The quantitative estimate of drug-likeness (QED) is 0.803. The van der Waals surface area contributed by atoms with E-state index in [4.69, 9.17) is 28.0 Å². The van der Waals surface area contributed by atoms with Gasteiger partial charge in [-0.2, -0.15) is 0 Å². The van der Waals surface area contributed by atoms with Crippen molar-refractivity contribution in [1.82, 2.24) is 5.43 Å². The molecule has 3 nitrogen and oxygen atoms in total. The van der Waals surface area contributed by atoms with E-state index < -0.39 is 0 Å². The van der Waals surface area contributed by atoms with Crippen molar-refractivity contribution in [2.24, 2.45) is 0 Å². The molecule has 0 aromatic heterocycles. The number of hydrogen-bond donors (Lipinski definition) is 1. The van der Waals surface area contributed by atoms with Gasteiger partial charge in [-0.15, -0.1) is 5.17 Å². The maximum atomic E-state index is 5.99. The second kappa shape index (κ2) is 3.59. The first-order valence-corrected chi connectivity index (χ1v) is 4.78. The van der Waals surface area contributed by atoms with Crippen molar-refractivity contribution in [3.05, 3.63) is 40.2 Å².